The molecule has 3 N–H and O–H groups in total. The lowest BCUT2D eigenvalue weighted by atomic mass is 9.69. The predicted octanol–water partition coefficient (Wildman–Crippen LogP) is 2.30. The summed E-state index contributed by atoms with van der Waals surface area (Å²) in [6.45, 7) is 11.1. The van der Waals surface area contributed by atoms with E-state index in [2.05, 4.69) is 26.1 Å². The lowest BCUT2D eigenvalue weighted by Crippen LogP contribution is -2.52. The zero-order chi connectivity index (χ0) is 13.7. The number of hydrogen-bond acceptors (Lipinski definition) is 2. The largest absolute Gasteiger partial charge is 0.351 e. The van der Waals surface area contributed by atoms with Crippen molar-refractivity contribution in [3.05, 3.63) is 0 Å². The van der Waals surface area contributed by atoms with E-state index in [4.69, 9.17) is 5.73 Å². The molecule has 0 saturated heterocycles. The molecule has 3 nitrogen and oxygen atoms in total. The van der Waals surface area contributed by atoms with Gasteiger partial charge < -0.3 is 11.1 Å². The topological polar surface area (TPSA) is 55.1 Å². The first-order valence-electron chi connectivity index (χ1n) is 7.26. The van der Waals surface area contributed by atoms with Crippen LogP contribution in [0.4, 0.5) is 0 Å². The lowest BCUT2D eigenvalue weighted by Gasteiger charge is -2.39. The van der Waals surface area contributed by atoms with Crippen LogP contribution >= 0.6 is 0 Å². The zero-order valence-electron chi connectivity index (χ0n) is 12.4. The molecule has 3 heteroatoms. The number of carbonyl (C=O) groups is 1. The van der Waals surface area contributed by atoms with Gasteiger partial charge in [-0.3, -0.25) is 4.79 Å². The monoisotopic (exact) mass is 252 g/mol. The summed E-state index contributed by atoms with van der Waals surface area (Å²) in [5.41, 5.74) is 6.52. The molecule has 2 aliphatic rings. The van der Waals surface area contributed by atoms with Crippen LogP contribution in [0.15, 0.2) is 0 Å². The highest BCUT2D eigenvalue weighted by molar-refractivity contribution is 5.82. The molecule has 18 heavy (non-hydrogen) atoms. The van der Waals surface area contributed by atoms with Crippen LogP contribution in [0.2, 0.25) is 0 Å². The van der Waals surface area contributed by atoms with Crippen molar-refractivity contribution in [2.75, 3.05) is 0 Å². The molecular weight excluding hydrogens is 224 g/mol. The molecule has 2 aliphatic carbocycles. The summed E-state index contributed by atoms with van der Waals surface area (Å²) >= 11 is 0. The van der Waals surface area contributed by atoms with Crippen molar-refractivity contribution in [3.63, 3.8) is 0 Å². The van der Waals surface area contributed by atoms with E-state index in [0.717, 1.165) is 12.3 Å². The van der Waals surface area contributed by atoms with Gasteiger partial charge in [-0.1, -0.05) is 34.6 Å². The summed E-state index contributed by atoms with van der Waals surface area (Å²) in [7, 11) is 0. The average Bonchev–Trinajstić information content (AvgIpc) is 2.60. The normalized spacial score (nSPS) is 39.1. The molecule has 1 amide bonds. The van der Waals surface area contributed by atoms with Crippen LogP contribution in [0.25, 0.3) is 0 Å². The van der Waals surface area contributed by atoms with Crippen molar-refractivity contribution in [1.29, 1.82) is 0 Å². The number of nitrogens with two attached hydrogens (primary N) is 1. The van der Waals surface area contributed by atoms with Gasteiger partial charge >= 0.3 is 0 Å². The van der Waals surface area contributed by atoms with Crippen LogP contribution in [0.3, 0.4) is 0 Å². The summed E-state index contributed by atoms with van der Waals surface area (Å²) in [5, 5.41) is 3.22. The molecule has 4 atom stereocenters. The third-order valence-electron chi connectivity index (χ3n) is 6.13. The third kappa shape index (κ3) is 1.78. The van der Waals surface area contributed by atoms with Gasteiger partial charge in [0, 0.05) is 6.04 Å². The molecular formula is C15H28N2O. The quantitative estimate of drug-likeness (QED) is 0.810. The first-order chi connectivity index (χ1) is 8.20. The Morgan fingerprint density at radius 2 is 1.94 bits per heavy atom. The van der Waals surface area contributed by atoms with E-state index in [-0.39, 0.29) is 23.3 Å². The minimum atomic E-state index is -0.379. The van der Waals surface area contributed by atoms with Gasteiger partial charge in [0.25, 0.3) is 0 Å². The van der Waals surface area contributed by atoms with Gasteiger partial charge in [0.15, 0.2) is 0 Å². The Morgan fingerprint density at radius 3 is 2.33 bits per heavy atom. The van der Waals surface area contributed by atoms with E-state index in [9.17, 15) is 4.79 Å². The standard InChI is InChI=1S/C15H28N2O/c1-9(2)12(16)13(18)17-11-8-10-6-7-15(11,5)14(10,3)4/h9-12H,6-8,16H2,1-5H3,(H,17,18)/t10?,11?,12-,15?/m0/s1. The Kier molecular flexibility index (Phi) is 3.25. The van der Waals surface area contributed by atoms with Crippen LogP contribution in [0.1, 0.15) is 53.9 Å². The SMILES string of the molecule is CC(C)[C@H](N)C(=O)NC1CC2CCC1(C)C2(C)C. The van der Waals surface area contributed by atoms with Crippen molar-refractivity contribution in [3.8, 4) is 0 Å². The fraction of sp³-hybridized carbons (Fsp3) is 0.933. The predicted molar refractivity (Wildman–Crippen MR) is 74.0 cm³/mol. The van der Waals surface area contributed by atoms with Gasteiger partial charge in [0.2, 0.25) is 5.91 Å². The fourth-order valence-electron chi connectivity index (χ4n) is 3.99. The summed E-state index contributed by atoms with van der Waals surface area (Å²) in [4.78, 5) is 12.1. The number of amides is 1. The summed E-state index contributed by atoms with van der Waals surface area (Å²) in [5.74, 6) is 0.979. The molecule has 0 radical (unpaired) electrons. The number of nitrogens with one attached hydrogen (secondary N) is 1. The van der Waals surface area contributed by atoms with E-state index in [1.807, 2.05) is 13.8 Å². The van der Waals surface area contributed by atoms with Crippen molar-refractivity contribution in [1.82, 2.24) is 5.32 Å². The van der Waals surface area contributed by atoms with Gasteiger partial charge in [-0.25, -0.2) is 0 Å². The molecule has 0 aromatic heterocycles. The molecule has 3 unspecified atom stereocenters. The molecule has 0 aromatic rings. The number of hydrogen-bond donors (Lipinski definition) is 2. The number of fused-ring (bicyclic) bond motifs is 2. The van der Waals surface area contributed by atoms with E-state index in [0.29, 0.717) is 11.5 Å². The molecule has 0 aromatic carbocycles. The molecule has 0 heterocycles. The van der Waals surface area contributed by atoms with Crippen LogP contribution in [0, 0.1) is 22.7 Å². The van der Waals surface area contributed by atoms with Crippen LogP contribution in [-0.2, 0) is 4.79 Å². The second-order valence-electron chi connectivity index (χ2n) is 7.44. The maximum atomic E-state index is 12.1. The molecule has 0 spiro atoms. The first kappa shape index (κ1) is 13.9. The van der Waals surface area contributed by atoms with Crippen molar-refractivity contribution < 1.29 is 4.79 Å². The lowest BCUT2D eigenvalue weighted by molar-refractivity contribution is -0.125. The highest BCUT2D eigenvalue weighted by atomic mass is 16.2. The molecule has 0 aliphatic heterocycles. The number of carbonyl (C=O) groups excluding carboxylic acids is 1. The zero-order valence-corrected chi connectivity index (χ0v) is 12.4. The smallest absolute Gasteiger partial charge is 0.237 e. The summed E-state index contributed by atoms with van der Waals surface area (Å²) in [6, 6.07) is -0.0700. The molecule has 2 fully saturated rings. The molecule has 2 rings (SSSR count). The van der Waals surface area contributed by atoms with E-state index < -0.39 is 0 Å². The minimum absolute atomic E-state index is 0.0274. The maximum Gasteiger partial charge on any atom is 0.237 e. The minimum Gasteiger partial charge on any atom is -0.351 e. The molecule has 2 saturated carbocycles. The maximum absolute atomic E-state index is 12.1. The van der Waals surface area contributed by atoms with Crippen molar-refractivity contribution in [2.45, 2.75) is 66.0 Å². The van der Waals surface area contributed by atoms with E-state index in [1.54, 1.807) is 0 Å². The Hall–Kier alpha value is -0.570. The van der Waals surface area contributed by atoms with E-state index in [1.165, 1.54) is 12.8 Å². The molecule has 2 bridgehead atoms. The Morgan fingerprint density at radius 1 is 1.33 bits per heavy atom. The Bertz CT molecular complexity index is 350. The molecule has 104 valence electrons. The second kappa shape index (κ2) is 4.22. The summed E-state index contributed by atoms with van der Waals surface area (Å²) in [6.07, 6.45) is 3.67. The highest BCUT2D eigenvalue weighted by Crippen LogP contribution is 2.65. The van der Waals surface area contributed by atoms with Crippen LogP contribution in [0.5, 0.6) is 0 Å². The van der Waals surface area contributed by atoms with Crippen LogP contribution < -0.4 is 11.1 Å². The average molecular weight is 252 g/mol. The summed E-state index contributed by atoms with van der Waals surface area (Å²) < 4.78 is 0. The Balaban J connectivity index is 2.07. The Labute approximate surface area is 111 Å². The highest BCUT2D eigenvalue weighted by Gasteiger charge is 2.61. The van der Waals surface area contributed by atoms with Crippen molar-refractivity contribution >= 4 is 5.91 Å². The number of rotatable bonds is 3. The van der Waals surface area contributed by atoms with Gasteiger partial charge in [-0.15, -0.1) is 0 Å². The van der Waals surface area contributed by atoms with Crippen molar-refractivity contribution in [2.24, 2.45) is 28.4 Å². The van der Waals surface area contributed by atoms with Gasteiger partial charge in [-0.05, 0) is 41.9 Å². The third-order valence-corrected chi connectivity index (χ3v) is 6.13. The first-order valence-corrected chi connectivity index (χ1v) is 7.26. The fourth-order valence-corrected chi connectivity index (χ4v) is 3.99. The van der Waals surface area contributed by atoms with Gasteiger partial charge in [0.1, 0.15) is 0 Å². The van der Waals surface area contributed by atoms with E-state index >= 15 is 0 Å². The van der Waals surface area contributed by atoms with Gasteiger partial charge in [0.05, 0.1) is 6.04 Å². The van der Waals surface area contributed by atoms with Gasteiger partial charge in [-0.2, -0.15) is 0 Å². The second-order valence-corrected chi connectivity index (χ2v) is 7.44. The van der Waals surface area contributed by atoms with Crippen LogP contribution in [-0.4, -0.2) is 18.0 Å².